The van der Waals surface area contributed by atoms with Crippen molar-refractivity contribution >= 4 is 11.6 Å². The quantitative estimate of drug-likeness (QED) is 0.609. The highest BCUT2D eigenvalue weighted by molar-refractivity contribution is 5.80. The van der Waals surface area contributed by atoms with Crippen molar-refractivity contribution in [3.05, 3.63) is 65.2 Å². The van der Waals surface area contributed by atoms with E-state index in [-0.39, 0.29) is 6.04 Å². The SMILES string of the molecule is CCNC(=NCc1cccc(C#N)c1)NC1CCCN(c2ccccc2C#N)C1. The highest BCUT2D eigenvalue weighted by Crippen LogP contribution is 2.23. The van der Waals surface area contributed by atoms with Crippen LogP contribution in [0.25, 0.3) is 0 Å². The molecule has 0 radical (unpaired) electrons. The van der Waals surface area contributed by atoms with Gasteiger partial charge in [0.15, 0.2) is 5.96 Å². The van der Waals surface area contributed by atoms with Crippen LogP contribution in [0.2, 0.25) is 0 Å². The predicted octanol–water partition coefficient (Wildman–Crippen LogP) is 3.15. The summed E-state index contributed by atoms with van der Waals surface area (Å²) in [4.78, 5) is 6.98. The van der Waals surface area contributed by atoms with E-state index in [1.54, 1.807) is 6.07 Å². The molecule has 1 saturated heterocycles. The van der Waals surface area contributed by atoms with E-state index >= 15 is 0 Å². The molecule has 2 aromatic carbocycles. The number of guanidine groups is 1. The largest absolute Gasteiger partial charge is 0.368 e. The summed E-state index contributed by atoms with van der Waals surface area (Å²) in [6.45, 7) is 5.11. The van der Waals surface area contributed by atoms with Crippen molar-refractivity contribution in [2.24, 2.45) is 4.99 Å². The predicted molar refractivity (Wildman–Crippen MR) is 116 cm³/mol. The van der Waals surface area contributed by atoms with Gasteiger partial charge in [0.1, 0.15) is 6.07 Å². The van der Waals surface area contributed by atoms with E-state index in [1.165, 1.54) is 0 Å². The molecule has 148 valence electrons. The van der Waals surface area contributed by atoms with Crippen LogP contribution in [0.3, 0.4) is 0 Å². The second-order valence-corrected chi connectivity index (χ2v) is 7.07. The fourth-order valence-electron chi connectivity index (χ4n) is 3.58. The molecule has 0 saturated carbocycles. The van der Waals surface area contributed by atoms with Crippen molar-refractivity contribution in [1.29, 1.82) is 10.5 Å². The standard InChI is InChI=1S/C23H26N6/c1-2-26-23(27-16-19-8-5-7-18(13-19)14-24)28-21-10-6-12-29(17-21)22-11-4-3-9-20(22)15-25/h3-5,7-9,11,13,21H,2,6,10,12,16-17H2,1H3,(H2,26,27,28). The van der Waals surface area contributed by atoms with Crippen molar-refractivity contribution in [3.8, 4) is 12.1 Å². The number of piperidine rings is 1. The van der Waals surface area contributed by atoms with E-state index in [9.17, 15) is 5.26 Å². The van der Waals surface area contributed by atoms with Gasteiger partial charge in [-0.15, -0.1) is 0 Å². The fourth-order valence-corrected chi connectivity index (χ4v) is 3.58. The number of aliphatic imine (C=N–C) groups is 1. The molecule has 1 fully saturated rings. The van der Waals surface area contributed by atoms with Crippen molar-refractivity contribution < 1.29 is 0 Å². The van der Waals surface area contributed by atoms with Crippen LogP contribution in [-0.2, 0) is 6.54 Å². The van der Waals surface area contributed by atoms with E-state index in [0.717, 1.165) is 49.7 Å². The number of nitrogens with zero attached hydrogens (tertiary/aromatic N) is 4. The molecule has 0 aliphatic carbocycles. The Morgan fingerprint density at radius 2 is 2.03 bits per heavy atom. The summed E-state index contributed by atoms with van der Waals surface area (Å²) >= 11 is 0. The molecule has 1 atom stereocenters. The van der Waals surface area contributed by atoms with Gasteiger partial charge in [-0.1, -0.05) is 24.3 Å². The average Bonchev–Trinajstić information content (AvgIpc) is 2.78. The molecule has 6 heteroatoms. The summed E-state index contributed by atoms with van der Waals surface area (Å²) in [6.07, 6.45) is 2.11. The third-order valence-electron chi connectivity index (χ3n) is 4.95. The lowest BCUT2D eigenvalue weighted by Gasteiger charge is -2.35. The number of anilines is 1. The molecule has 2 aromatic rings. The molecule has 0 aromatic heterocycles. The Hall–Kier alpha value is -3.51. The lowest BCUT2D eigenvalue weighted by molar-refractivity contribution is 0.468. The summed E-state index contributed by atoms with van der Waals surface area (Å²) in [5.41, 5.74) is 3.37. The van der Waals surface area contributed by atoms with Crippen LogP contribution in [0.15, 0.2) is 53.5 Å². The molecule has 1 aliphatic heterocycles. The van der Waals surface area contributed by atoms with Gasteiger partial charge < -0.3 is 15.5 Å². The highest BCUT2D eigenvalue weighted by Gasteiger charge is 2.22. The van der Waals surface area contributed by atoms with Crippen LogP contribution in [-0.4, -0.2) is 31.6 Å². The third kappa shape index (κ3) is 5.49. The molecule has 1 aliphatic rings. The summed E-state index contributed by atoms with van der Waals surface area (Å²) in [5, 5.41) is 25.3. The van der Waals surface area contributed by atoms with Crippen LogP contribution in [0.4, 0.5) is 5.69 Å². The summed E-state index contributed by atoms with van der Waals surface area (Å²) < 4.78 is 0. The van der Waals surface area contributed by atoms with E-state index in [1.807, 2.05) is 49.4 Å². The molecular weight excluding hydrogens is 360 g/mol. The maximum absolute atomic E-state index is 9.40. The van der Waals surface area contributed by atoms with E-state index in [4.69, 9.17) is 10.3 Å². The van der Waals surface area contributed by atoms with Crippen molar-refractivity contribution in [1.82, 2.24) is 10.6 Å². The second kappa shape index (κ2) is 10.1. The normalized spacial score (nSPS) is 16.6. The monoisotopic (exact) mass is 386 g/mol. The van der Waals surface area contributed by atoms with Crippen LogP contribution in [0, 0.1) is 22.7 Å². The molecule has 0 amide bonds. The average molecular weight is 387 g/mol. The minimum Gasteiger partial charge on any atom is -0.368 e. The zero-order valence-electron chi connectivity index (χ0n) is 16.7. The summed E-state index contributed by atoms with van der Waals surface area (Å²) in [5.74, 6) is 0.773. The molecule has 2 N–H and O–H groups in total. The van der Waals surface area contributed by atoms with Gasteiger partial charge >= 0.3 is 0 Å². The Bertz CT molecular complexity index is 937. The Morgan fingerprint density at radius 3 is 2.83 bits per heavy atom. The van der Waals surface area contributed by atoms with Gasteiger partial charge in [-0.05, 0) is 49.6 Å². The highest BCUT2D eigenvalue weighted by atomic mass is 15.2. The zero-order valence-corrected chi connectivity index (χ0v) is 16.7. The molecule has 3 rings (SSSR count). The van der Waals surface area contributed by atoms with Gasteiger partial charge in [-0.2, -0.15) is 10.5 Å². The molecule has 0 spiro atoms. The Labute approximate surface area is 172 Å². The molecule has 1 unspecified atom stereocenters. The maximum atomic E-state index is 9.40. The number of nitriles is 2. The lowest BCUT2D eigenvalue weighted by Crippen LogP contribution is -2.51. The van der Waals surface area contributed by atoms with Crippen LogP contribution in [0.1, 0.15) is 36.5 Å². The zero-order chi connectivity index (χ0) is 20.5. The molecule has 6 nitrogen and oxygen atoms in total. The van der Waals surface area contributed by atoms with Gasteiger partial charge in [-0.3, -0.25) is 0 Å². The van der Waals surface area contributed by atoms with Crippen molar-refractivity contribution in [2.45, 2.75) is 32.4 Å². The first-order valence-corrected chi connectivity index (χ1v) is 10.0. The van der Waals surface area contributed by atoms with Gasteiger partial charge in [0.25, 0.3) is 0 Å². The van der Waals surface area contributed by atoms with Crippen molar-refractivity contribution in [3.63, 3.8) is 0 Å². The van der Waals surface area contributed by atoms with Crippen LogP contribution in [0.5, 0.6) is 0 Å². The molecule has 0 bridgehead atoms. The van der Waals surface area contributed by atoms with Gasteiger partial charge in [0.05, 0.1) is 29.4 Å². The molecule has 29 heavy (non-hydrogen) atoms. The van der Waals surface area contributed by atoms with Gasteiger partial charge in [-0.25, -0.2) is 4.99 Å². The fraction of sp³-hybridized carbons (Fsp3) is 0.348. The number of benzene rings is 2. The topological polar surface area (TPSA) is 87.2 Å². The molecule has 1 heterocycles. The van der Waals surface area contributed by atoms with Crippen LogP contribution >= 0.6 is 0 Å². The number of nitrogens with one attached hydrogen (secondary N) is 2. The first-order chi connectivity index (χ1) is 14.2. The Morgan fingerprint density at radius 1 is 1.17 bits per heavy atom. The number of rotatable bonds is 5. The number of hydrogen-bond acceptors (Lipinski definition) is 4. The second-order valence-electron chi connectivity index (χ2n) is 7.07. The third-order valence-corrected chi connectivity index (χ3v) is 4.95. The first kappa shape index (κ1) is 20.2. The number of para-hydroxylation sites is 1. The minimum absolute atomic E-state index is 0.249. The van der Waals surface area contributed by atoms with Gasteiger partial charge in [0.2, 0.25) is 0 Å². The van der Waals surface area contributed by atoms with E-state index < -0.39 is 0 Å². The smallest absolute Gasteiger partial charge is 0.191 e. The molecular formula is C23H26N6. The van der Waals surface area contributed by atoms with E-state index in [2.05, 4.69) is 27.7 Å². The Kier molecular flexibility index (Phi) is 7.08. The lowest BCUT2D eigenvalue weighted by atomic mass is 10.0. The number of hydrogen-bond donors (Lipinski definition) is 2. The van der Waals surface area contributed by atoms with E-state index in [0.29, 0.717) is 17.7 Å². The van der Waals surface area contributed by atoms with Gasteiger partial charge in [0, 0.05) is 25.7 Å². The van der Waals surface area contributed by atoms with Crippen LogP contribution < -0.4 is 15.5 Å². The first-order valence-electron chi connectivity index (χ1n) is 10.0. The Balaban J connectivity index is 1.68. The maximum Gasteiger partial charge on any atom is 0.191 e. The van der Waals surface area contributed by atoms with Crippen molar-refractivity contribution in [2.75, 3.05) is 24.5 Å². The summed E-state index contributed by atoms with van der Waals surface area (Å²) in [6, 6.07) is 20.0. The summed E-state index contributed by atoms with van der Waals surface area (Å²) in [7, 11) is 0. The minimum atomic E-state index is 0.249.